The first-order valence-corrected chi connectivity index (χ1v) is 11.9. The summed E-state index contributed by atoms with van der Waals surface area (Å²) in [6.07, 6.45) is 0. The minimum absolute atomic E-state index is 0.134. The summed E-state index contributed by atoms with van der Waals surface area (Å²) in [5.74, 6) is 1.54. The largest absolute Gasteiger partial charge is 0.454 e. The lowest BCUT2D eigenvalue weighted by atomic mass is 10.1. The van der Waals surface area contributed by atoms with E-state index in [1.807, 2.05) is 26.0 Å². The molecule has 9 nitrogen and oxygen atoms in total. The minimum atomic E-state index is -0.259. The van der Waals surface area contributed by atoms with E-state index >= 15 is 0 Å². The van der Waals surface area contributed by atoms with Gasteiger partial charge in [0.15, 0.2) is 22.5 Å². The number of anilines is 1. The van der Waals surface area contributed by atoms with Crippen LogP contribution in [0.15, 0.2) is 40.0 Å². The maximum Gasteiger partial charge on any atom is 0.251 e. The van der Waals surface area contributed by atoms with Crippen LogP contribution in [0, 0.1) is 13.8 Å². The van der Waals surface area contributed by atoms with Crippen LogP contribution in [0.3, 0.4) is 0 Å². The predicted molar refractivity (Wildman–Crippen MR) is 128 cm³/mol. The number of carbonyl (C=O) groups excluding carboxylic acids is 2. The molecule has 1 aliphatic rings. The summed E-state index contributed by atoms with van der Waals surface area (Å²) in [4.78, 5) is 24.9. The number of fused-ring (bicyclic) bond motifs is 1. The van der Waals surface area contributed by atoms with Gasteiger partial charge in [0.2, 0.25) is 12.7 Å². The third-order valence-corrected chi connectivity index (χ3v) is 7.17. The first-order chi connectivity index (χ1) is 15.8. The van der Waals surface area contributed by atoms with Crippen molar-refractivity contribution in [1.82, 2.24) is 20.1 Å². The van der Waals surface area contributed by atoms with E-state index < -0.39 is 0 Å². The first kappa shape index (κ1) is 23.1. The lowest BCUT2D eigenvalue weighted by Gasteiger charge is -2.11. The highest BCUT2D eigenvalue weighted by atomic mass is 79.9. The molecule has 1 aliphatic heterocycles. The van der Waals surface area contributed by atoms with Crippen LogP contribution in [0.25, 0.3) is 0 Å². The molecule has 0 saturated heterocycles. The van der Waals surface area contributed by atoms with Gasteiger partial charge < -0.3 is 24.7 Å². The molecule has 0 radical (unpaired) electrons. The topological polar surface area (TPSA) is 107 Å². The number of ether oxygens (including phenoxy) is 2. The van der Waals surface area contributed by atoms with Gasteiger partial charge in [-0.2, -0.15) is 0 Å². The van der Waals surface area contributed by atoms with Crippen molar-refractivity contribution >= 4 is 45.2 Å². The Kier molecular flexibility index (Phi) is 6.89. The number of carbonyl (C=O) groups is 2. The van der Waals surface area contributed by atoms with Gasteiger partial charge in [-0.3, -0.25) is 9.59 Å². The number of hydrogen-bond acceptors (Lipinski definition) is 7. The molecule has 0 spiro atoms. The van der Waals surface area contributed by atoms with Gasteiger partial charge in [-0.05, 0) is 55.3 Å². The average molecular weight is 532 g/mol. The molecule has 172 valence electrons. The number of nitrogens with one attached hydrogen (secondary N) is 2. The number of rotatable bonds is 7. The molecule has 11 heteroatoms. The third kappa shape index (κ3) is 5.14. The Balaban J connectivity index is 1.31. The molecule has 0 saturated carbocycles. The number of halogens is 1. The molecule has 2 heterocycles. The summed E-state index contributed by atoms with van der Waals surface area (Å²) >= 11 is 4.77. The van der Waals surface area contributed by atoms with Gasteiger partial charge in [-0.15, -0.1) is 10.2 Å². The van der Waals surface area contributed by atoms with Gasteiger partial charge in [0, 0.05) is 22.8 Å². The van der Waals surface area contributed by atoms with E-state index in [1.54, 1.807) is 29.8 Å². The molecule has 2 aromatic carbocycles. The van der Waals surface area contributed by atoms with Gasteiger partial charge in [0.25, 0.3) is 5.91 Å². The maximum absolute atomic E-state index is 12.5. The van der Waals surface area contributed by atoms with Crippen LogP contribution in [0.2, 0.25) is 0 Å². The predicted octanol–water partition coefficient (Wildman–Crippen LogP) is 3.58. The van der Waals surface area contributed by atoms with Crippen molar-refractivity contribution in [1.29, 1.82) is 0 Å². The summed E-state index contributed by atoms with van der Waals surface area (Å²) in [5, 5.41) is 14.6. The zero-order valence-electron chi connectivity index (χ0n) is 18.3. The zero-order valence-corrected chi connectivity index (χ0v) is 20.7. The van der Waals surface area contributed by atoms with E-state index in [1.165, 1.54) is 11.8 Å². The normalized spacial score (nSPS) is 12.0. The Hall–Kier alpha value is -3.05. The van der Waals surface area contributed by atoms with Crippen LogP contribution >= 0.6 is 27.7 Å². The standard InChI is InChI=1S/C22H22BrN5O4S/c1-12-13(2)16(6-5-15(12)23)25-20(29)10-33-22-27-26-19(28(22)3)9-24-21(30)14-4-7-17-18(8-14)32-11-31-17/h4-8H,9-11H2,1-3H3,(H,24,30)(H,25,29). The van der Waals surface area contributed by atoms with Gasteiger partial charge >= 0.3 is 0 Å². The smallest absolute Gasteiger partial charge is 0.251 e. The van der Waals surface area contributed by atoms with Crippen molar-refractivity contribution in [3.63, 3.8) is 0 Å². The summed E-state index contributed by atoms with van der Waals surface area (Å²) in [6.45, 7) is 4.31. The number of amides is 2. The Morgan fingerprint density at radius 1 is 1.12 bits per heavy atom. The molecular formula is C22H22BrN5O4S. The van der Waals surface area contributed by atoms with Gasteiger partial charge in [-0.1, -0.05) is 27.7 Å². The highest BCUT2D eigenvalue weighted by Crippen LogP contribution is 2.32. The van der Waals surface area contributed by atoms with Gasteiger partial charge in [0.05, 0.1) is 12.3 Å². The first-order valence-electron chi connectivity index (χ1n) is 10.1. The second kappa shape index (κ2) is 9.84. The summed E-state index contributed by atoms with van der Waals surface area (Å²) in [6, 6.07) is 8.81. The summed E-state index contributed by atoms with van der Waals surface area (Å²) < 4.78 is 13.3. The van der Waals surface area contributed by atoms with Crippen molar-refractivity contribution in [3.05, 3.63) is 57.3 Å². The highest BCUT2D eigenvalue weighted by molar-refractivity contribution is 9.10. The van der Waals surface area contributed by atoms with Crippen molar-refractivity contribution in [2.45, 2.75) is 25.5 Å². The molecule has 1 aromatic heterocycles. The fourth-order valence-electron chi connectivity index (χ4n) is 3.16. The minimum Gasteiger partial charge on any atom is -0.454 e. The van der Waals surface area contributed by atoms with E-state index in [2.05, 4.69) is 36.8 Å². The van der Waals surface area contributed by atoms with Crippen molar-refractivity contribution in [2.24, 2.45) is 7.05 Å². The fraction of sp³-hybridized carbons (Fsp3) is 0.273. The Labute approximate surface area is 203 Å². The van der Waals surface area contributed by atoms with E-state index in [0.717, 1.165) is 21.3 Å². The number of nitrogens with zero attached hydrogens (tertiary/aromatic N) is 3. The number of aromatic nitrogens is 3. The molecule has 2 amide bonds. The lowest BCUT2D eigenvalue weighted by molar-refractivity contribution is -0.113. The molecule has 4 rings (SSSR count). The van der Waals surface area contributed by atoms with Crippen LogP contribution in [0.1, 0.15) is 27.3 Å². The second-order valence-electron chi connectivity index (χ2n) is 7.39. The molecule has 0 aliphatic carbocycles. The molecule has 33 heavy (non-hydrogen) atoms. The van der Waals surface area contributed by atoms with Crippen molar-refractivity contribution in [3.8, 4) is 11.5 Å². The molecular weight excluding hydrogens is 510 g/mol. The van der Waals surface area contributed by atoms with Crippen molar-refractivity contribution in [2.75, 3.05) is 17.9 Å². The molecule has 0 bridgehead atoms. The highest BCUT2D eigenvalue weighted by Gasteiger charge is 2.17. The van der Waals surface area contributed by atoms with E-state index in [0.29, 0.717) is 28.0 Å². The van der Waals surface area contributed by atoms with Crippen LogP contribution < -0.4 is 20.1 Å². The van der Waals surface area contributed by atoms with E-state index in [4.69, 9.17) is 9.47 Å². The van der Waals surface area contributed by atoms with Gasteiger partial charge in [0.1, 0.15) is 0 Å². The van der Waals surface area contributed by atoms with Crippen LogP contribution in [0.4, 0.5) is 5.69 Å². The molecule has 0 fully saturated rings. The van der Waals surface area contributed by atoms with Crippen LogP contribution in [-0.2, 0) is 18.4 Å². The lowest BCUT2D eigenvalue weighted by Crippen LogP contribution is -2.24. The molecule has 3 aromatic rings. The molecule has 0 atom stereocenters. The molecule has 2 N–H and O–H groups in total. The summed E-state index contributed by atoms with van der Waals surface area (Å²) in [7, 11) is 1.80. The Morgan fingerprint density at radius 2 is 1.91 bits per heavy atom. The van der Waals surface area contributed by atoms with Crippen LogP contribution in [0.5, 0.6) is 11.5 Å². The van der Waals surface area contributed by atoms with Crippen LogP contribution in [-0.4, -0.2) is 39.1 Å². The van der Waals surface area contributed by atoms with Crippen molar-refractivity contribution < 1.29 is 19.1 Å². The Bertz CT molecular complexity index is 1230. The number of thioether (sulfide) groups is 1. The van der Waals surface area contributed by atoms with E-state index in [9.17, 15) is 9.59 Å². The number of hydrogen-bond donors (Lipinski definition) is 2. The monoisotopic (exact) mass is 531 g/mol. The Morgan fingerprint density at radius 3 is 2.73 bits per heavy atom. The number of benzene rings is 2. The quantitative estimate of drug-likeness (QED) is 0.448. The average Bonchev–Trinajstić information content (AvgIpc) is 3.42. The summed E-state index contributed by atoms with van der Waals surface area (Å²) in [5.41, 5.74) is 3.35. The van der Waals surface area contributed by atoms with Gasteiger partial charge in [-0.25, -0.2) is 0 Å². The maximum atomic E-state index is 12.5. The third-order valence-electron chi connectivity index (χ3n) is 5.29. The molecule has 0 unspecified atom stereocenters. The van der Waals surface area contributed by atoms with E-state index in [-0.39, 0.29) is 30.9 Å². The fourth-order valence-corrected chi connectivity index (χ4v) is 4.32. The zero-order chi connectivity index (χ0) is 23.5. The second-order valence-corrected chi connectivity index (χ2v) is 9.19. The SMILES string of the molecule is Cc1c(Br)ccc(NC(=O)CSc2nnc(CNC(=O)c3ccc4c(c3)OCO4)n2C)c1C.